The molecule has 0 aliphatic carbocycles. The molecule has 0 radical (unpaired) electrons. The van der Waals surface area contributed by atoms with Crippen molar-refractivity contribution in [2.24, 2.45) is 0 Å². The molecule has 1 rings (SSSR count). The van der Waals surface area contributed by atoms with Crippen LogP contribution in [0.4, 0.5) is 0 Å². The number of ether oxygens (including phenoxy) is 2. The number of Topliss-reactive ketones (excluding diaryl/α,β-unsaturated/α-hetero) is 1. The number of ketones is 1. The summed E-state index contributed by atoms with van der Waals surface area (Å²) < 4.78 is 10.2. The van der Waals surface area contributed by atoms with Gasteiger partial charge in [-0.05, 0) is 45.4 Å². The first-order chi connectivity index (χ1) is 9.67. The lowest BCUT2D eigenvalue weighted by Crippen LogP contribution is -2.23. The van der Waals surface area contributed by atoms with Crippen LogP contribution in [0.2, 0.25) is 0 Å². The van der Waals surface area contributed by atoms with Crippen LogP contribution in [0.1, 0.15) is 50.0 Å². The molecule has 0 aliphatic rings. The predicted octanol–water partition coefficient (Wildman–Crippen LogP) is 2.66. The molecule has 5 nitrogen and oxygen atoms in total. The Labute approximate surface area is 124 Å². The molecule has 0 spiro atoms. The minimum atomic E-state index is -0.557. The van der Waals surface area contributed by atoms with Crippen LogP contribution in [0.3, 0.4) is 0 Å². The Morgan fingerprint density at radius 3 is 2.10 bits per heavy atom. The van der Waals surface area contributed by atoms with Gasteiger partial charge in [0.15, 0.2) is 0 Å². The number of carbonyl (C=O) groups excluding carboxylic acids is 3. The van der Waals surface area contributed by atoms with Gasteiger partial charge in [0.1, 0.15) is 24.4 Å². The van der Waals surface area contributed by atoms with Crippen LogP contribution in [0.15, 0.2) is 24.3 Å². The van der Waals surface area contributed by atoms with Crippen molar-refractivity contribution in [3.63, 3.8) is 0 Å². The van der Waals surface area contributed by atoms with Crippen LogP contribution < -0.4 is 0 Å². The van der Waals surface area contributed by atoms with Crippen LogP contribution in [0, 0.1) is 0 Å². The number of esters is 2. The molecule has 114 valence electrons. The maximum atomic E-state index is 11.8. The molecule has 0 fully saturated rings. The van der Waals surface area contributed by atoms with Crippen LogP contribution >= 0.6 is 0 Å². The lowest BCUT2D eigenvalue weighted by atomic mass is 10.1. The van der Waals surface area contributed by atoms with E-state index in [2.05, 4.69) is 0 Å². The van der Waals surface area contributed by atoms with E-state index in [1.807, 2.05) is 0 Å². The first-order valence-corrected chi connectivity index (χ1v) is 6.65. The van der Waals surface area contributed by atoms with Gasteiger partial charge in [-0.25, -0.2) is 4.79 Å². The zero-order valence-electron chi connectivity index (χ0n) is 12.8. The Balaban J connectivity index is 2.56. The van der Waals surface area contributed by atoms with Crippen LogP contribution in [-0.2, 0) is 25.7 Å². The second-order valence-electron chi connectivity index (χ2n) is 5.74. The van der Waals surface area contributed by atoms with Crippen molar-refractivity contribution in [3.05, 3.63) is 35.4 Å². The second-order valence-corrected chi connectivity index (χ2v) is 5.74. The van der Waals surface area contributed by atoms with Crippen LogP contribution in [-0.4, -0.2) is 23.3 Å². The van der Waals surface area contributed by atoms with Gasteiger partial charge >= 0.3 is 11.9 Å². The predicted molar refractivity (Wildman–Crippen MR) is 76.7 cm³/mol. The summed E-state index contributed by atoms with van der Waals surface area (Å²) in [6, 6.07) is 6.59. The average molecular weight is 292 g/mol. The zero-order chi connectivity index (χ0) is 16.0. The number of carbonyl (C=O) groups is 3. The molecule has 0 bridgehead atoms. The molecule has 0 amide bonds. The van der Waals surface area contributed by atoms with E-state index in [0.717, 1.165) is 5.56 Å². The Hall–Kier alpha value is -2.17. The van der Waals surface area contributed by atoms with E-state index in [9.17, 15) is 14.4 Å². The molecule has 0 saturated heterocycles. The van der Waals surface area contributed by atoms with Gasteiger partial charge in [-0.15, -0.1) is 0 Å². The second kappa shape index (κ2) is 7.02. The van der Waals surface area contributed by atoms with Gasteiger partial charge < -0.3 is 9.47 Å². The Kier molecular flexibility index (Phi) is 5.64. The van der Waals surface area contributed by atoms with Gasteiger partial charge in [-0.3, -0.25) is 9.59 Å². The van der Waals surface area contributed by atoms with E-state index < -0.39 is 17.5 Å². The summed E-state index contributed by atoms with van der Waals surface area (Å²) in [6.45, 7) is 6.80. The topological polar surface area (TPSA) is 69.7 Å². The third-order valence-electron chi connectivity index (χ3n) is 2.38. The summed E-state index contributed by atoms with van der Waals surface area (Å²) in [6.07, 6.45) is -0.226. The number of rotatable bonds is 5. The number of hydrogen-bond donors (Lipinski definition) is 0. The van der Waals surface area contributed by atoms with Crippen LogP contribution in [0.25, 0.3) is 0 Å². The Bertz CT molecular complexity index is 523. The van der Waals surface area contributed by atoms with Crippen molar-refractivity contribution < 1.29 is 23.9 Å². The summed E-state index contributed by atoms with van der Waals surface area (Å²) in [5, 5.41) is 0. The van der Waals surface area contributed by atoms with Gasteiger partial charge in [0, 0.05) is 0 Å². The third-order valence-corrected chi connectivity index (χ3v) is 2.38. The highest BCUT2D eigenvalue weighted by Gasteiger charge is 2.17. The molecule has 0 aliphatic heterocycles. The fourth-order valence-corrected chi connectivity index (χ4v) is 1.49. The fraction of sp³-hybridized carbons (Fsp3) is 0.438. The lowest BCUT2D eigenvalue weighted by Gasteiger charge is -2.19. The summed E-state index contributed by atoms with van der Waals surface area (Å²) in [5.74, 6) is -1.19. The van der Waals surface area contributed by atoms with E-state index in [-0.39, 0.29) is 18.8 Å². The van der Waals surface area contributed by atoms with E-state index in [4.69, 9.17) is 9.47 Å². The molecule has 0 atom stereocenters. The van der Waals surface area contributed by atoms with Crippen LogP contribution in [0.5, 0.6) is 0 Å². The summed E-state index contributed by atoms with van der Waals surface area (Å²) in [4.78, 5) is 33.8. The van der Waals surface area contributed by atoms with Crippen molar-refractivity contribution >= 4 is 17.7 Å². The fourth-order valence-electron chi connectivity index (χ4n) is 1.49. The van der Waals surface area contributed by atoms with Crippen molar-refractivity contribution in [2.75, 3.05) is 0 Å². The SMILES string of the molecule is CC(=O)CC(=O)OCc1ccc(C(=O)OC(C)(C)C)cc1. The minimum absolute atomic E-state index is 0.0702. The summed E-state index contributed by atoms with van der Waals surface area (Å²) >= 11 is 0. The molecular formula is C16H20O5. The largest absolute Gasteiger partial charge is 0.460 e. The minimum Gasteiger partial charge on any atom is -0.460 e. The summed E-state index contributed by atoms with van der Waals surface area (Å²) in [7, 11) is 0. The molecule has 0 saturated carbocycles. The molecule has 1 aromatic carbocycles. The number of benzene rings is 1. The first kappa shape index (κ1) is 16.9. The smallest absolute Gasteiger partial charge is 0.338 e. The zero-order valence-corrected chi connectivity index (χ0v) is 12.8. The highest BCUT2D eigenvalue weighted by atomic mass is 16.6. The normalized spacial score (nSPS) is 10.9. The third kappa shape index (κ3) is 6.70. The standard InChI is InChI=1S/C16H20O5/c1-11(17)9-14(18)20-10-12-5-7-13(8-6-12)15(19)21-16(2,3)4/h5-8H,9-10H2,1-4H3. The van der Waals surface area contributed by atoms with Gasteiger partial charge in [-0.2, -0.15) is 0 Å². The first-order valence-electron chi connectivity index (χ1n) is 6.65. The molecular weight excluding hydrogens is 272 g/mol. The summed E-state index contributed by atoms with van der Waals surface area (Å²) in [5.41, 5.74) is 0.626. The molecule has 0 N–H and O–H groups in total. The van der Waals surface area contributed by atoms with Gasteiger partial charge in [0.2, 0.25) is 0 Å². The van der Waals surface area contributed by atoms with E-state index in [0.29, 0.717) is 5.56 Å². The molecule has 21 heavy (non-hydrogen) atoms. The monoisotopic (exact) mass is 292 g/mol. The maximum Gasteiger partial charge on any atom is 0.338 e. The molecule has 0 unspecified atom stereocenters. The van der Waals surface area contributed by atoms with Crippen molar-refractivity contribution in [2.45, 2.75) is 46.3 Å². The molecule has 0 aromatic heterocycles. The Morgan fingerprint density at radius 1 is 1.05 bits per heavy atom. The maximum absolute atomic E-state index is 11.8. The van der Waals surface area contributed by atoms with E-state index in [1.165, 1.54) is 6.92 Å². The lowest BCUT2D eigenvalue weighted by molar-refractivity contribution is -0.146. The van der Waals surface area contributed by atoms with Crippen molar-refractivity contribution in [3.8, 4) is 0 Å². The highest BCUT2D eigenvalue weighted by Crippen LogP contribution is 2.13. The van der Waals surface area contributed by atoms with Gasteiger partial charge in [0.25, 0.3) is 0 Å². The van der Waals surface area contributed by atoms with Crippen molar-refractivity contribution in [1.82, 2.24) is 0 Å². The Morgan fingerprint density at radius 2 is 1.62 bits per heavy atom. The number of hydrogen-bond acceptors (Lipinski definition) is 5. The van der Waals surface area contributed by atoms with Gasteiger partial charge in [-0.1, -0.05) is 12.1 Å². The molecule has 1 aromatic rings. The van der Waals surface area contributed by atoms with Gasteiger partial charge in [0.05, 0.1) is 5.56 Å². The average Bonchev–Trinajstić information content (AvgIpc) is 2.34. The molecule has 5 heteroatoms. The van der Waals surface area contributed by atoms with E-state index >= 15 is 0 Å². The quantitative estimate of drug-likeness (QED) is 0.616. The van der Waals surface area contributed by atoms with Crippen molar-refractivity contribution in [1.29, 1.82) is 0 Å². The van der Waals surface area contributed by atoms with E-state index in [1.54, 1.807) is 45.0 Å². The molecule has 0 heterocycles. The highest BCUT2D eigenvalue weighted by molar-refractivity contribution is 5.94.